The first-order valence-corrected chi connectivity index (χ1v) is 8.73. The standard InChI is InChI=1S/C18H28N4O3.HI/c1-2-19-17(21-13-18(8-10-23)9-11-25-14-18)20-12-16(24)22-15-6-4-3-5-7-15;/h3-7,23H,2,8-14H2,1H3,(H,22,24)(H2,19,20,21);1H. The van der Waals surface area contributed by atoms with Crippen molar-refractivity contribution in [3.63, 3.8) is 0 Å². The molecule has 2 rings (SSSR count). The van der Waals surface area contributed by atoms with Crippen molar-refractivity contribution >= 4 is 41.5 Å². The minimum absolute atomic E-state index is 0. The molecule has 26 heavy (non-hydrogen) atoms. The molecule has 1 aromatic carbocycles. The second kappa shape index (κ2) is 12.1. The molecule has 0 aliphatic carbocycles. The smallest absolute Gasteiger partial charge is 0.246 e. The van der Waals surface area contributed by atoms with Crippen LogP contribution in [-0.2, 0) is 9.53 Å². The fraction of sp³-hybridized carbons (Fsp3) is 0.556. The highest BCUT2D eigenvalue weighted by Crippen LogP contribution is 2.31. The monoisotopic (exact) mass is 476 g/mol. The van der Waals surface area contributed by atoms with Gasteiger partial charge < -0.3 is 25.8 Å². The van der Waals surface area contributed by atoms with Gasteiger partial charge in [-0.3, -0.25) is 4.79 Å². The molecule has 0 saturated carbocycles. The Morgan fingerprint density at radius 2 is 2.08 bits per heavy atom. The number of benzene rings is 1. The normalized spacial score (nSPS) is 19.5. The predicted molar refractivity (Wildman–Crippen MR) is 114 cm³/mol. The highest BCUT2D eigenvalue weighted by atomic mass is 127. The van der Waals surface area contributed by atoms with Crippen LogP contribution in [0.15, 0.2) is 35.3 Å². The Morgan fingerprint density at radius 3 is 2.69 bits per heavy atom. The number of hydrogen-bond donors (Lipinski definition) is 4. The zero-order valence-electron chi connectivity index (χ0n) is 15.2. The van der Waals surface area contributed by atoms with Crippen molar-refractivity contribution in [3.05, 3.63) is 30.3 Å². The highest BCUT2D eigenvalue weighted by Gasteiger charge is 2.34. The summed E-state index contributed by atoms with van der Waals surface area (Å²) in [5.74, 6) is 0.424. The van der Waals surface area contributed by atoms with Gasteiger partial charge in [-0.1, -0.05) is 18.2 Å². The van der Waals surface area contributed by atoms with E-state index in [1.165, 1.54) is 0 Å². The van der Waals surface area contributed by atoms with Gasteiger partial charge in [0.2, 0.25) is 5.91 Å². The van der Waals surface area contributed by atoms with Gasteiger partial charge in [0.25, 0.3) is 0 Å². The Bertz CT molecular complexity index is 563. The molecule has 1 aliphatic rings. The van der Waals surface area contributed by atoms with Crippen molar-refractivity contribution in [2.24, 2.45) is 10.4 Å². The van der Waals surface area contributed by atoms with Crippen molar-refractivity contribution in [2.45, 2.75) is 19.8 Å². The summed E-state index contributed by atoms with van der Waals surface area (Å²) in [6.45, 7) is 4.86. The number of aliphatic hydroxyl groups is 1. The number of aliphatic imine (C=N–C) groups is 1. The second-order valence-corrected chi connectivity index (χ2v) is 6.24. The zero-order valence-corrected chi connectivity index (χ0v) is 17.5. The van der Waals surface area contributed by atoms with Gasteiger partial charge >= 0.3 is 0 Å². The van der Waals surface area contributed by atoms with Gasteiger partial charge in [-0.2, -0.15) is 0 Å². The number of carbonyl (C=O) groups is 1. The SMILES string of the molecule is CCNC(=NCC(=O)Nc1ccccc1)NCC1(CCO)CCOC1.I. The fourth-order valence-electron chi connectivity index (χ4n) is 2.80. The van der Waals surface area contributed by atoms with Gasteiger partial charge in [-0.15, -0.1) is 24.0 Å². The second-order valence-electron chi connectivity index (χ2n) is 6.24. The van der Waals surface area contributed by atoms with Crippen LogP contribution in [0.2, 0.25) is 0 Å². The first kappa shape index (κ1) is 22.7. The molecule has 1 atom stereocenters. The lowest BCUT2D eigenvalue weighted by atomic mass is 9.84. The number of nitrogens with zero attached hydrogens (tertiary/aromatic N) is 1. The number of rotatable bonds is 8. The van der Waals surface area contributed by atoms with Crippen molar-refractivity contribution in [2.75, 3.05) is 44.8 Å². The number of amides is 1. The maximum atomic E-state index is 12.0. The van der Waals surface area contributed by atoms with E-state index in [1.54, 1.807) is 0 Å². The number of para-hydroxylation sites is 1. The highest BCUT2D eigenvalue weighted by molar-refractivity contribution is 14.0. The van der Waals surface area contributed by atoms with Gasteiger partial charge in [0, 0.05) is 37.4 Å². The number of halogens is 1. The van der Waals surface area contributed by atoms with E-state index in [-0.39, 0.29) is 48.5 Å². The van der Waals surface area contributed by atoms with E-state index in [1.807, 2.05) is 37.3 Å². The summed E-state index contributed by atoms with van der Waals surface area (Å²) in [6.07, 6.45) is 1.60. The maximum Gasteiger partial charge on any atom is 0.246 e. The molecule has 7 nitrogen and oxygen atoms in total. The Morgan fingerprint density at radius 1 is 1.31 bits per heavy atom. The third-order valence-electron chi connectivity index (χ3n) is 4.24. The van der Waals surface area contributed by atoms with Crippen LogP contribution in [0.5, 0.6) is 0 Å². The van der Waals surface area contributed by atoms with Crippen LogP contribution in [0.1, 0.15) is 19.8 Å². The largest absolute Gasteiger partial charge is 0.396 e. The molecule has 146 valence electrons. The molecule has 1 aromatic rings. The van der Waals surface area contributed by atoms with Gasteiger partial charge in [-0.05, 0) is 31.9 Å². The molecule has 1 saturated heterocycles. The first-order valence-electron chi connectivity index (χ1n) is 8.73. The summed E-state index contributed by atoms with van der Waals surface area (Å²) in [5.41, 5.74) is 0.683. The molecule has 0 spiro atoms. The quantitative estimate of drug-likeness (QED) is 0.260. The summed E-state index contributed by atoms with van der Waals surface area (Å²) in [7, 11) is 0. The van der Waals surface area contributed by atoms with Crippen molar-refractivity contribution in [3.8, 4) is 0 Å². The molecule has 1 unspecified atom stereocenters. The molecule has 1 aliphatic heterocycles. The van der Waals surface area contributed by atoms with E-state index in [0.29, 0.717) is 32.1 Å². The van der Waals surface area contributed by atoms with Crippen LogP contribution in [0, 0.1) is 5.41 Å². The number of anilines is 1. The Labute approximate surface area is 172 Å². The first-order chi connectivity index (χ1) is 12.2. The molecule has 1 fully saturated rings. The van der Waals surface area contributed by atoms with E-state index in [4.69, 9.17) is 4.74 Å². The number of hydrogen-bond acceptors (Lipinski definition) is 4. The van der Waals surface area contributed by atoms with Crippen LogP contribution in [0.4, 0.5) is 5.69 Å². The predicted octanol–water partition coefficient (Wildman–Crippen LogP) is 1.59. The lowest BCUT2D eigenvalue weighted by Gasteiger charge is -2.27. The summed E-state index contributed by atoms with van der Waals surface area (Å²) >= 11 is 0. The van der Waals surface area contributed by atoms with E-state index in [9.17, 15) is 9.90 Å². The van der Waals surface area contributed by atoms with Crippen LogP contribution in [0.3, 0.4) is 0 Å². The summed E-state index contributed by atoms with van der Waals surface area (Å²) in [5, 5.41) is 18.5. The molecule has 1 amide bonds. The van der Waals surface area contributed by atoms with Gasteiger partial charge in [0.1, 0.15) is 6.54 Å². The average Bonchev–Trinajstić information content (AvgIpc) is 3.07. The van der Waals surface area contributed by atoms with E-state index >= 15 is 0 Å². The Balaban J connectivity index is 0.00000338. The number of nitrogens with one attached hydrogen (secondary N) is 3. The molecule has 4 N–H and O–H groups in total. The minimum atomic E-state index is -0.169. The van der Waals surface area contributed by atoms with Crippen LogP contribution in [0.25, 0.3) is 0 Å². The van der Waals surface area contributed by atoms with Gasteiger partial charge in [0.15, 0.2) is 5.96 Å². The average molecular weight is 476 g/mol. The van der Waals surface area contributed by atoms with E-state index in [2.05, 4.69) is 20.9 Å². The van der Waals surface area contributed by atoms with Gasteiger partial charge in [-0.25, -0.2) is 4.99 Å². The lowest BCUT2D eigenvalue weighted by molar-refractivity contribution is -0.114. The van der Waals surface area contributed by atoms with Crippen LogP contribution >= 0.6 is 24.0 Å². The molecule has 8 heteroatoms. The summed E-state index contributed by atoms with van der Waals surface area (Å²) < 4.78 is 5.49. The maximum absolute atomic E-state index is 12.0. The Hall–Kier alpha value is -1.39. The molecule has 0 radical (unpaired) electrons. The molecule has 0 bridgehead atoms. The van der Waals surface area contributed by atoms with Gasteiger partial charge in [0.05, 0.1) is 6.61 Å². The summed E-state index contributed by atoms with van der Waals surface area (Å²) in [4.78, 5) is 16.4. The number of aliphatic hydroxyl groups excluding tert-OH is 1. The molecular formula is C18H29IN4O3. The Kier molecular flexibility index (Phi) is 10.5. The molecular weight excluding hydrogens is 447 g/mol. The van der Waals surface area contributed by atoms with E-state index in [0.717, 1.165) is 18.7 Å². The van der Waals surface area contributed by atoms with Crippen molar-refractivity contribution in [1.82, 2.24) is 10.6 Å². The fourth-order valence-corrected chi connectivity index (χ4v) is 2.80. The van der Waals surface area contributed by atoms with Crippen LogP contribution in [-0.4, -0.2) is 56.4 Å². The van der Waals surface area contributed by atoms with Crippen LogP contribution < -0.4 is 16.0 Å². The number of carbonyl (C=O) groups excluding carboxylic acids is 1. The zero-order chi connectivity index (χ0) is 18.0. The van der Waals surface area contributed by atoms with E-state index < -0.39 is 0 Å². The third kappa shape index (κ3) is 7.46. The number of guanidine groups is 1. The topological polar surface area (TPSA) is 95.0 Å². The van der Waals surface area contributed by atoms with Crippen molar-refractivity contribution < 1.29 is 14.6 Å². The van der Waals surface area contributed by atoms with Crippen molar-refractivity contribution in [1.29, 1.82) is 0 Å². The lowest BCUT2D eigenvalue weighted by Crippen LogP contribution is -2.44. The molecule has 1 heterocycles. The third-order valence-corrected chi connectivity index (χ3v) is 4.24. The number of ether oxygens (including phenoxy) is 1. The summed E-state index contributed by atoms with van der Waals surface area (Å²) in [6, 6.07) is 9.31. The minimum Gasteiger partial charge on any atom is -0.396 e. The molecule has 0 aromatic heterocycles.